The number of aliphatic hydroxyl groups excluding tert-OH is 2. The summed E-state index contributed by atoms with van der Waals surface area (Å²) in [4.78, 5) is 156. The molecule has 2 saturated heterocycles. The number of hydrogen-bond donors (Lipinski definition) is 4. The number of aliphatic hydroxyl groups is 2. The van der Waals surface area contributed by atoms with Gasteiger partial charge < -0.3 is 77.9 Å². The number of carboxylic acid groups (broad SMARTS) is 1. The van der Waals surface area contributed by atoms with E-state index in [0.717, 1.165) is 20.8 Å². The second kappa shape index (κ2) is 36.6. The van der Waals surface area contributed by atoms with Gasteiger partial charge in [0.25, 0.3) is 0 Å². The van der Waals surface area contributed by atoms with Gasteiger partial charge in [0.2, 0.25) is 24.8 Å². The number of amides is 4. The number of Topliss-reactive ketones (excluding diaryl/α,β-unsaturated/α-hetero) is 3. The van der Waals surface area contributed by atoms with E-state index in [1.807, 2.05) is 0 Å². The average Bonchev–Trinajstić information content (AvgIpc) is 0.790. The molecule has 5 N–H and O–H groups in total. The molecule has 96 heavy (non-hydrogen) atoms. The monoisotopic (exact) mass is 1370 g/mol. The summed E-state index contributed by atoms with van der Waals surface area (Å²) in [5.41, 5.74) is 2.15. The third-order valence-electron chi connectivity index (χ3n) is 12.3. The number of nitrogens with zero attached hydrogens (tertiary/aromatic N) is 2. The molecule has 2 aliphatic rings. The maximum atomic E-state index is 13.5. The molecule has 32 nitrogen and oxygen atoms in total. The molecule has 0 radical (unpaired) electrons. The predicted octanol–water partition coefficient (Wildman–Crippen LogP) is 7.17. The van der Waals surface area contributed by atoms with Gasteiger partial charge in [-0.25, -0.2) is 24.0 Å². The number of esters is 4. The molecule has 4 rings (SSSR count). The van der Waals surface area contributed by atoms with Crippen LogP contribution < -0.4 is 15.2 Å². The van der Waals surface area contributed by atoms with Gasteiger partial charge in [-0.1, -0.05) is 36.1 Å². The lowest BCUT2D eigenvalue weighted by atomic mass is 9.88. The Labute approximate surface area is 556 Å². The molecule has 2 aromatic carbocycles. The van der Waals surface area contributed by atoms with Crippen LogP contribution in [0.3, 0.4) is 0 Å². The summed E-state index contributed by atoms with van der Waals surface area (Å²) in [6, 6.07) is 8.15. The van der Waals surface area contributed by atoms with E-state index in [2.05, 4.69) is 0 Å². The maximum absolute atomic E-state index is 13.5. The highest BCUT2D eigenvalue weighted by Gasteiger charge is 2.52. The molecule has 538 valence electrons. The molecular formula is C64H93N3O29. The molecule has 2 heterocycles. The first-order valence-corrected chi connectivity index (χ1v) is 30.2. The molecule has 4 amide bonds. The molecule has 2 fully saturated rings. The lowest BCUT2D eigenvalue weighted by Crippen LogP contribution is -2.59. The third-order valence-corrected chi connectivity index (χ3v) is 12.3. The van der Waals surface area contributed by atoms with Crippen molar-refractivity contribution in [3.63, 3.8) is 0 Å². The van der Waals surface area contributed by atoms with Gasteiger partial charge in [0.1, 0.15) is 51.7 Å². The van der Waals surface area contributed by atoms with Crippen LogP contribution in [-0.4, -0.2) is 188 Å². The first kappa shape index (κ1) is 83.7. The second-order valence-corrected chi connectivity index (χ2v) is 25.7. The number of aromatic carboxylic acids is 1. The molecule has 32 heteroatoms. The van der Waals surface area contributed by atoms with Crippen LogP contribution in [0.4, 0.5) is 19.2 Å². The number of imide groups is 2. The maximum Gasteiger partial charge on any atom is 0.444 e. The van der Waals surface area contributed by atoms with E-state index in [-0.39, 0.29) is 53.2 Å². The summed E-state index contributed by atoms with van der Waals surface area (Å²) in [7, 11) is 0. The second-order valence-electron chi connectivity index (χ2n) is 25.7. The Balaban J connectivity index is 0.000000544. The highest BCUT2D eigenvalue weighted by molar-refractivity contribution is 5.99. The third kappa shape index (κ3) is 28.1. The zero-order valence-electron chi connectivity index (χ0n) is 57.9. The number of carboxylic acids is 1. The Kier molecular flexibility index (Phi) is 31.9. The average molecular weight is 1370 g/mol. The zero-order valence-corrected chi connectivity index (χ0v) is 57.9. The lowest BCUT2D eigenvalue weighted by molar-refractivity contribution is -0.261. The van der Waals surface area contributed by atoms with Crippen LogP contribution in [0.2, 0.25) is 0 Å². The van der Waals surface area contributed by atoms with Crippen molar-refractivity contribution >= 4 is 71.6 Å². The van der Waals surface area contributed by atoms with E-state index < -0.39 is 169 Å². The molecule has 0 spiro atoms. The number of benzene rings is 2. The van der Waals surface area contributed by atoms with Gasteiger partial charge in [-0.2, -0.15) is 0 Å². The molecule has 0 aromatic heterocycles. The van der Waals surface area contributed by atoms with Crippen molar-refractivity contribution in [3.05, 3.63) is 58.7 Å². The van der Waals surface area contributed by atoms with E-state index in [4.69, 9.17) is 72.3 Å². The van der Waals surface area contributed by atoms with Gasteiger partial charge in [0, 0.05) is 52.5 Å². The molecule has 0 saturated carbocycles. The van der Waals surface area contributed by atoms with Crippen LogP contribution in [0.1, 0.15) is 177 Å². The van der Waals surface area contributed by atoms with Crippen molar-refractivity contribution in [1.82, 2.24) is 10.1 Å². The first-order valence-electron chi connectivity index (χ1n) is 30.2. The van der Waals surface area contributed by atoms with Crippen LogP contribution in [0.15, 0.2) is 36.4 Å². The highest BCUT2D eigenvalue weighted by atomic mass is 16.8. The van der Waals surface area contributed by atoms with Gasteiger partial charge in [0.05, 0.1) is 32.0 Å². The van der Waals surface area contributed by atoms with Crippen molar-refractivity contribution in [3.8, 4) is 11.5 Å². The number of nitrogens with two attached hydrogens (primary N) is 1. The first-order chi connectivity index (χ1) is 44.1. The zero-order chi connectivity index (χ0) is 73.7. The fourth-order valence-electron chi connectivity index (χ4n) is 8.70. The molecular weight excluding hydrogens is 1270 g/mol. The van der Waals surface area contributed by atoms with Gasteiger partial charge in [-0.05, 0) is 132 Å². The molecule has 2 aromatic rings. The molecule has 0 aliphatic carbocycles. The van der Waals surface area contributed by atoms with E-state index in [9.17, 15) is 72.9 Å². The number of carbonyl (C=O) groups excluding carboxylic acids is 11. The van der Waals surface area contributed by atoms with Crippen LogP contribution in [0.5, 0.6) is 11.5 Å². The predicted molar refractivity (Wildman–Crippen MR) is 331 cm³/mol. The minimum absolute atomic E-state index is 0.00150. The quantitative estimate of drug-likeness (QED) is 0.0416. The summed E-state index contributed by atoms with van der Waals surface area (Å²) in [5, 5.41) is 29.2. The van der Waals surface area contributed by atoms with Crippen molar-refractivity contribution in [2.45, 2.75) is 230 Å². The summed E-state index contributed by atoms with van der Waals surface area (Å²) in [6.45, 7) is 28.8. The fraction of sp³-hybridized carbons (Fsp3) is 0.625. The Morgan fingerprint density at radius 2 is 0.771 bits per heavy atom. The van der Waals surface area contributed by atoms with Crippen LogP contribution in [-0.2, 0) is 99.0 Å². The standard InChI is InChI=1S/C32H45NO14.C20H24O10.C12H24N2O5/c1-17-25(18(2)35)45-28(27(43-20(4)37)26(17)42-19(3)36)44-24-12-11-21(16-34)15-22(24)23(38)13-14-41-33(29(39)46-31(5,6)7)30(40)47-32(8,9)10;1-9-16(10(2)22)30-20(18(28-12(4)24)17(9)27-11(3)23)29-15-6-5-13(8-21)7-14(15)19(25)26;1-11(2,3)18-9(15)14(17-8-7-13)10(16)19-12(4,5)6/h11-12,15,17,25-28,34H,13-14,16H2,1-10H3;5-7,9,16-18,20-21H,8H2,1-4H3,(H,25,26);7-8,13H2,1-6H3/t17-,25+,26+,27-,28-;9-,16+,17+,18-,20-;/m11./s1. The van der Waals surface area contributed by atoms with E-state index in [0.29, 0.717) is 16.2 Å². The summed E-state index contributed by atoms with van der Waals surface area (Å²) >= 11 is 0. The van der Waals surface area contributed by atoms with Crippen molar-refractivity contribution in [2.24, 2.45) is 17.6 Å². The Bertz CT molecular complexity index is 3010. The topological polar surface area (TPSA) is 427 Å². The number of ether oxygens (including phenoxy) is 12. The van der Waals surface area contributed by atoms with Crippen LogP contribution in [0.25, 0.3) is 0 Å². The number of carbonyl (C=O) groups is 12. The SMILES string of the molecule is CC(=O)O[C@H]1[C@H](Oc2ccc(CO)cc2C(=O)CCON(C(=O)OC(C)(C)C)C(=O)OC(C)(C)C)O[C@H](C(C)=O)[C@@H](C)[C@@H]1OC(C)=O.CC(=O)O[C@H]1[C@H](Oc2ccc(CO)cc2C(=O)O)O[C@H](C(C)=O)[C@@H](C)[C@@H]1OC(C)=O.CC(C)(C)OC(=O)N(OCCN)C(=O)OC(C)(C)C. The van der Waals surface area contributed by atoms with Crippen LogP contribution in [0, 0.1) is 11.8 Å². The number of hydroxylamine groups is 4. The molecule has 0 bridgehead atoms. The Morgan fingerprint density at radius 3 is 1.05 bits per heavy atom. The van der Waals surface area contributed by atoms with Crippen molar-refractivity contribution in [1.29, 1.82) is 0 Å². The van der Waals surface area contributed by atoms with Gasteiger partial charge in [-0.15, -0.1) is 0 Å². The number of rotatable bonds is 21. The molecule has 10 atom stereocenters. The fourth-order valence-corrected chi connectivity index (χ4v) is 8.70. The van der Waals surface area contributed by atoms with Crippen molar-refractivity contribution in [2.75, 3.05) is 19.8 Å². The van der Waals surface area contributed by atoms with E-state index in [1.165, 1.54) is 57.2 Å². The van der Waals surface area contributed by atoms with Gasteiger partial charge in [0.15, 0.2) is 29.6 Å². The van der Waals surface area contributed by atoms with Crippen molar-refractivity contribution < 1.29 is 139 Å². The summed E-state index contributed by atoms with van der Waals surface area (Å²) in [5.74, 6) is -7.16. The lowest BCUT2D eigenvalue weighted by Gasteiger charge is -2.43. The normalized spacial score (nSPS) is 20.8. The Morgan fingerprint density at radius 1 is 0.469 bits per heavy atom. The largest absolute Gasteiger partial charge is 0.478 e. The van der Waals surface area contributed by atoms with Gasteiger partial charge >= 0.3 is 54.2 Å². The molecule has 2 aliphatic heterocycles. The minimum Gasteiger partial charge on any atom is -0.478 e. The van der Waals surface area contributed by atoms with Crippen LogP contribution >= 0.6 is 0 Å². The summed E-state index contributed by atoms with van der Waals surface area (Å²) in [6.07, 6.45) is -14.5. The Hall–Kier alpha value is -8.40. The smallest absolute Gasteiger partial charge is 0.444 e. The van der Waals surface area contributed by atoms with E-state index in [1.54, 1.807) is 96.9 Å². The highest BCUT2D eigenvalue weighted by Crippen LogP contribution is 2.36. The number of hydrogen-bond acceptors (Lipinski definition) is 29. The minimum atomic E-state index is -1.51. The number of ketones is 3. The van der Waals surface area contributed by atoms with Gasteiger partial charge in [-0.3, -0.25) is 43.2 Å². The molecule has 0 unspecified atom stereocenters. The summed E-state index contributed by atoms with van der Waals surface area (Å²) < 4.78 is 65.3. The van der Waals surface area contributed by atoms with E-state index >= 15 is 0 Å².